The third kappa shape index (κ3) is 4.33. The Bertz CT molecular complexity index is 491. The van der Waals surface area contributed by atoms with Crippen LogP contribution in [-0.4, -0.2) is 30.1 Å². The molecular weight excluding hydrogens is 270 g/mol. The van der Waals surface area contributed by atoms with Crippen molar-refractivity contribution in [3.63, 3.8) is 0 Å². The molecule has 0 fully saturated rings. The topological polar surface area (TPSA) is 104 Å². The summed E-state index contributed by atoms with van der Waals surface area (Å²) in [6, 6.07) is 2.78. The van der Waals surface area contributed by atoms with Crippen LogP contribution in [0, 0.1) is 0 Å². The van der Waals surface area contributed by atoms with E-state index in [0.717, 1.165) is 0 Å². The highest BCUT2D eigenvalue weighted by Gasteiger charge is 2.14. The molecule has 0 atom stereocenters. The fourth-order valence-corrected chi connectivity index (χ4v) is 1.86. The molecule has 1 amide bonds. The third-order valence-electron chi connectivity index (χ3n) is 2.37. The van der Waals surface area contributed by atoms with Crippen molar-refractivity contribution in [2.75, 3.05) is 24.1 Å². The number of nitrogens with two attached hydrogens (primary N) is 1. The van der Waals surface area contributed by atoms with Gasteiger partial charge in [0.15, 0.2) is 0 Å². The molecule has 0 aliphatic rings. The summed E-state index contributed by atoms with van der Waals surface area (Å²) in [6.45, 7) is 2.67. The summed E-state index contributed by atoms with van der Waals surface area (Å²) in [5.74, 6) is -1.24. The molecule has 104 valence electrons. The van der Waals surface area contributed by atoms with E-state index >= 15 is 0 Å². The zero-order valence-electron chi connectivity index (χ0n) is 10.5. The van der Waals surface area contributed by atoms with E-state index in [1.165, 1.54) is 12.1 Å². The van der Waals surface area contributed by atoms with Crippen molar-refractivity contribution in [3.05, 3.63) is 22.7 Å². The molecule has 0 saturated carbocycles. The average molecular weight is 286 g/mol. The van der Waals surface area contributed by atoms with Gasteiger partial charge in [-0.05, 0) is 19.1 Å². The molecule has 0 aromatic heterocycles. The molecule has 0 radical (unpaired) electrons. The molecule has 5 N–H and O–H groups in total. The van der Waals surface area contributed by atoms with Crippen LogP contribution >= 0.6 is 11.6 Å². The maximum Gasteiger partial charge on any atom is 0.337 e. The van der Waals surface area contributed by atoms with Gasteiger partial charge in [0.1, 0.15) is 0 Å². The Labute approximate surface area is 115 Å². The Morgan fingerprint density at radius 2 is 2.11 bits per heavy atom. The van der Waals surface area contributed by atoms with Gasteiger partial charge in [0, 0.05) is 25.2 Å². The van der Waals surface area contributed by atoms with Crippen LogP contribution < -0.4 is 16.4 Å². The van der Waals surface area contributed by atoms with Crippen LogP contribution in [0.4, 0.5) is 11.4 Å². The first-order valence-corrected chi connectivity index (χ1v) is 6.16. The number of carboxylic acid groups (broad SMARTS) is 1. The SMILES string of the molecule is CCNC(=O)CCNc1c(Cl)cc(N)cc1C(=O)O. The van der Waals surface area contributed by atoms with E-state index < -0.39 is 5.97 Å². The largest absolute Gasteiger partial charge is 0.478 e. The second-order valence-electron chi connectivity index (χ2n) is 3.86. The maximum atomic E-state index is 11.3. The molecule has 0 spiro atoms. The lowest BCUT2D eigenvalue weighted by molar-refractivity contribution is -0.120. The molecule has 0 bridgehead atoms. The summed E-state index contributed by atoms with van der Waals surface area (Å²) < 4.78 is 0. The van der Waals surface area contributed by atoms with Crippen molar-refractivity contribution in [2.24, 2.45) is 0 Å². The second-order valence-corrected chi connectivity index (χ2v) is 4.27. The Kier molecular flexibility index (Phi) is 5.44. The number of nitrogen functional groups attached to an aromatic ring is 1. The molecule has 1 aromatic carbocycles. The van der Waals surface area contributed by atoms with E-state index in [4.69, 9.17) is 22.4 Å². The van der Waals surface area contributed by atoms with Gasteiger partial charge in [0.25, 0.3) is 0 Å². The van der Waals surface area contributed by atoms with Gasteiger partial charge in [-0.2, -0.15) is 0 Å². The van der Waals surface area contributed by atoms with E-state index in [1.54, 1.807) is 0 Å². The number of anilines is 2. The van der Waals surface area contributed by atoms with Gasteiger partial charge in [0.05, 0.1) is 16.3 Å². The molecule has 1 aromatic rings. The summed E-state index contributed by atoms with van der Waals surface area (Å²) in [5.41, 5.74) is 6.08. The first-order chi connectivity index (χ1) is 8.95. The molecule has 7 heteroatoms. The molecule has 1 rings (SSSR count). The first-order valence-electron chi connectivity index (χ1n) is 5.78. The molecule has 6 nitrogen and oxygen atoms in total. The lowest BCUT2D eigenvalue weighted by Gasteiger charge is -2.12. The normalized spacial score (nSPS) is 10.0. The van der Waals surface area contributed by atoms with Gasteiger partial charge in [0.2, 0.25) is 5.91 Å². The molecule has 0 aliphatic heterocycles. The van der Waals surface area contributed by atoms with Gasteiger partial charge in [-0.15, -0.1) is 0 Å². The Hall–Kier alpha value is -1.95. The highest BCUT2D eigenvalue weighted by Crippen LogP contribution is 2.29. The Balaban J connectivity index is 2.77. The fraction of sp³-hybridized carbons (Fsp3) is 0.333. The zero-order valence-corrected chi connectivity index (χ0v) is 11.3. The molecule has 0 unspecified atom stereocenters. The van der Waals surface area contributed by atoms with Crippen molar-refractivity contribution in [2.45, 2.75) is 13.3 Å². The zero-order chi connectivity index (χ0) is 14.4. The van der Waals surface area contributed by atoms with Crippen molar-refractivity contribution >= 4 is 34.9 Å². The number of hydrogen-bond donors (Lipinski definition) is 4. The van der Waals surface area contributed by atoms with Gasteiger partial charge < -0.3 is 21.5 Å². The maximum absolute atomic E-state index is 11.3. The third-order valence-corrected chi connectivity index (χ3v) is 2.67. The molecule has 19 heavy (non-hydrogen) atoms. The Morgan fingerprint density at radius 1 is 1.42 bits per heavy atom. The number of carboxylic acids is 1. The summed E-state index contributed by atoms with van der Waals surface area (Å²) in [4.78, 5) is 22.4. The van der Waals surface area contributed by atoms with Crippen LogP contribution in [0.3, 0.4) is 0 Å². The van der Waals surface area contributed by atoms with Crippen LogP contribution in [0.2, 0.25) is 5.02 Å². The van der Waals surface area contributed by atoms with E-state index in [0.29, 0.717) is 6.54 Å². The number of amides is 1. The summed E-state index contributed by atoms with van der Waals surface area (Å²) in [6.07, 6.45) is 0.230. The minimum Gasteiger partial charge on any atom is -0.478 e. The number of carbonyl (C=O) groups excluding carboxylic acids is 1. The van der Waals surface area contributed by atoms with E-state index in [-0.39, 0.29) is 40.8 Å². The van der Waals surface area contributed by atoms with Crippen LogP contribution in [-0.2, 0) is 4.79 Å². The highest BCUT2D eigenvalue weighted by atomic mass is 35.5. The standard InChI is InChI=1S/C12H16ClN3O3/c1-2-15-10(17)3-4-16-11-8(12(18)19)5-7(14)6-9(11)13/h5-6,16H,2-4,14H2,1H3,(H,15,17)(H,18,19). The van der Waals surface area contributed by atoms with Crippen LogP contribution in [0.25, 0.3) is 0 Å². The van der Waals surface area contributed by atoms with Crippen molar-refractivity contribution < 1.29 is 14.7 Å². The lowest BCUT2D eigenvalue weighted by atomic mass is 10.1. The van der Waals surface area contributed by atoms with Gasteiger partial charge in [-0.3, -0.25) is 4.79 Å². The van der Waals surface area contributed by atoms with Crippen molar-refractivity contribution in [3.8, 4) is 0 Å². The van der Waals surface area contributed by atoms with Crippen LogP contribution in [0.5, 0.6) is 0 Å². The number of aromatic carboxylic acids is 1. The number of halogens is 1. The van der Waals surface area contributed by atoms with Gasteiger partial charge >= 0.3 is 5.97 Å². The summed E-state index contributed by atoms with van der Waals surface area (Å²) in [7, 11) is 0. The predicted octanol–water partition coefficient (Wildman–Crippen LogP) is 1.56. The Morgan fingerprint density at radius 3 is 2.68 bits per heavy atom. The summed E-state index contributed by atoms with van der Waals surface area (Å²) in [5, 5.41) is 14.8. The number of rotatable bonds is 6. The number of nitrogens with one attached hydrogen (secondary N) is 2. The number of carbonyl (C=O) groups is 2. The molecule has 0 saturated heterocycles. The van der Waals surface area contributed by atoms with Gasteiger partial charge in [-0.1, -0.05) is 11.6 Å². The predicted molar refractivity (Wildman–Crippen MR) is 74.6 cm³/mol. The van der Waals surface area contributed by atoms with Crippen molar-refractivity contribution in [1.82, 2.24) is 5.32 Å². The van der Waals surface area contributed by atoms with Crippen LogP contribution in [0.1, 0.15) is 23.7 Å². The quantitative estimate of drug-likeness (QED) is 0.594. The highest BCUT2D eigenvalue weighted by molar-refractivity contribution is 6.34. The smallest absolute Gasteiger partial charge is 0.337 e. The fourth-order valence-electron chi connectivity index (χ4n) is 1.56. The lowest BCUT2D eigenvalue weighted by Crippen LogP contribution is -2.25. The van der Waals surface area contributed by atoms with E-state index in [1.807, 2.05) is 6.92 Å². The molecule has 0 aliphatic carbocycles. The van der Waals surface area contributed by atoms with Gasteiger partial charge in [-0.25, -0.2) is 4.79 Å². The number of hydrogen-bond acceptors (Lipinski definition) is 4. The van der Waals surface area contributed by atoms with E-state index in [9.17, 15) is 9.59 Å². The average Bonchev–Trinajstić information content (AvgIpc) is 2.31. The minimum atomic E-state index is -1.13. The van der Waals surface area contributed by atoms with Crippen molar-refractivity contribution in [1.29, 1.82) is 0 Å². The minimum absolute atomic E-state index is 0.0131. The molecule has 0 heterocycles. The first kappa shape index (κ1) is 15.1. The summed E-state index contributed by atoms with van der Waals surface area (Å²) >= 11 is 5.95. The molecular formula is C12H16ClN3O3. The second kappa shape index (κ2) is 6.84. The monoisotopic (exact) mass is 285 g/mol. The van der Waals surface area contributed by atoms with E-state index in [2.05, 4.69) is 10.6 Å². The van der Waals surface area contributed by atoms with Crippen LogP contribution in [0.15, 0.2) is 12.1 Å². The number of benzene rings is 1.